The van der Waals surface area contributed by atoms with Gasteiger partial charge in [0.25, 0.3) is 0 Å². The van der Waals surface area contributed by atoms with Gasteiger partial charge in [0.1, 0.15) is 0 Å². The number of aryl methyl sites for hydroxylation is 1. The number of sulfone groups is 1. The second-order valence-corrected chi connectivity index (χ2v) is 10.3. The summed E-state index contributed by atoms with van der Waals surface area (Å²) >= 11 is 6.22. The SMILES string of the molecule is Cc1cc(C(=O)C2=C(Cl)CCCC2=O)c(C)c2c1S(=O)(=O)CCC2OC(C)C. The van der Waals surface area contributed by atoms with E-state index in [9.17, 15) is 18.0 Å². The van der Waals surface area contributed by atoms with E-state index in [-0.39, 0.29) is 28.1 Å². The zero-order chi connectivity index (χ0) is 20.8. The molecule has 0 aromatic heterocycles. The van der Waals surface area contributed by atoms with Crippen molar-refractivity contribution in [2.45, 2.75) is 70.5 Å². The molecule has 0 N–H and O–H groups in total. The number of allylic oxidation sites excluding steroid dienone is 2. The van der Waals surface area contributed by atoms with Gasteiger partial charge < -0.3 is 4.74 Å². The first-order valence-corrected chi connectivity index (χ1v) is 11.6. The van der Waals surface area contributed by atoms with Gasteiger partial charge in [-0.1, -0.05) is 11.6 Å². The Balaban J connectivity index is 2.22. The van der Waals surface area contributed by atoms with Crippen LogP contribution in [0.25, 0.3) is 0 Å². The molecule has 7 heteroatoms. The summed E-state index contributed by atoms with van der Waals surface area (Å²) in [5, 5.41) is 0.290. The number of ketones is 2. The highest BCUT2D eigenvalue weighted by atomic mass is 35.5. The predicted molar refractivity (Wildman–Crippen MR) is 108 cm³/mol. The lowest BCUT2D eigenvalue weighted by molar-refractivity contribution is -0.115. The molecule has 1 aromatic carbocycles. The Kier molecular flexibility index (Phi) is 5.86. The number of carbonyl (C=O) groups is 2. The molecule has 152 valence electrons. The minimum absolute atomic E-state index is 0.0143. The van der Waals surface area contributed by atoms with Gasteiger partial charge in [-0.2, -0.15) is 0 Å². The van der Waals surface area contributed by atoms with E-state index >= 15 is 0 Å². The highest BCUT2D eigenvalue weighted by Gasteiger charge is 2.37. The fraction of sp³-hybridized carbons (Fsp3) is 0.524. The highest BCUT2D eigenvalue weighted by molar-refractivity contribution is 7.91. The molecule has 1 atom stereocenters. The van der Waals surface area contributed by atoms with Gasteiger partial charge in [0.2, 0.25) is 0 Å². The minimum atomic E-state index is -3.45. The van der Waals surface area contributed by atoms with Crippen molar-refractivity contribution >= 4 is 33.0 Å². The van der Waals surface area contributed by atoms with E-state index in [1.165, 1.54) is 0 Å². The maximum Gasteiger partial charge on any atom is 0.198 e. The first-order valence-electron chi connectivity index (χ1n) is 9.53. The lowest BCUT2D eigenvalue weighted by atomic mass is 9.86. The number of hydrogen-bond donors (Lipinski definition) is 0. The molecule has 0 radical (unpaired) electrons. The molecule has 28 heavy (non-hydrogen) atoms. The number of benzene rings is 1. The van der Waals surface area contributed by atoms with E-state index < -0.39 is 21.7 Å². The van der Waals surface area contributed by atoms with Crippen LogP contribution in [0.1, 0.15) is 72.7 Å². The predicted octanol–water partition coefficient (Wildman–Crippen LogP) is 4.38. The number of hydrogen-bond acceptors (Lipinski definition) is 5. The van der Waals surface area contributed by atoms with Crippen LogP contribution in [0.3, 0.4) is 0 Å². The number of fused-ring (bicyclic) bond motifs is 1. The van der Waals surface area contributed by atoms with Crippen LogP contribution >= 0.6 is 11.6 Å². The smallest absolute Gasteiger partial charge is 0.198 e. The van der Waals surface area contributed by atoms with Gasteiger partial charge in [-0.15, -0.1) is 0 Å². The van der Waals surface area contributed by atoms with Crippen LogP contribution in [0.4, 0.5) is 0 Å². The van der Waals surface area contributed by atoms with Crippen molar-refractivity contribution < 1.29 is 22.7 Å². The maximum atomic E-state index is 13.2. The molecule has 1 heterocycles. The third kappa shape index (κ3) is 3.70. The summed E-state index contributed by atoms with van der Waals surface area (Å²) < 4.78 is 31.5. The van der Waals surface area contributed by atoms with Crippen LogP contribution in [0, 0.1) is 13.8 Å². The fourth-order valence-corrected chi connectivity index (χ4v) is 6.34. The van der Waals surface area contributed by atoms with Crippen LogP contribution in [-0.4, -0.2) is 31.8 Å². The number of rotatable bonds is 4. The van der Waals surface area contributed by atoms with Crippen LogP contribution in [0.2, 0.25) is 0 Å². The first kappa shape index (κ1) is 21.2. The molecule has 1 unspecified atom stereocenters. The summed E-state index contributed by atoms with van der Waals surface area (Å²) in [6.45, 7) is 7.20. The third-order valence-electron chi connectivity index (χ3n) is 5.31. The third-order valence-corrected chi connectivity index (χ3v) is 7.63. The van der Waals surface area contributed by atoms with E-state index in [0.717, 1.165) is 0 Å². The maximum absolute atomic E-state index is 13.2. The molecule has 1 aliphatic carbocycles. The van der Waals surface area contributed by atoms with Crippen LogP contribution < -0.4 is 0 Å². The van der Waals surface area contributed by atoms with Crippen LogP contribution in [0.15, 0.2) is 21.6 Å². The van der Waals surface area contributed by atoms with Crippen molar-refractivity contribution in [1.82, 2.24) is 0 Å². The van der Waals surface area contributed by atoms with Gasteiger partial charge in [-0.05, 0) is 64.2 Å². The molecule has 3 rings (SSSR count). The summed E-state index contributed by atoms with van der Waals surface area (Å²) in [6, 6.07) is 1.57. The van der Waals surface area contributed by atoms with E-state index in [1.54, 1.807) is 19.9 Å². The summed E-state index contributed by atoms with van der Waals surface area (Å²) in [6.07, 6.45) is 1.29. The van der Waals surface area contributed by atoms with E-state index in [4.69, 9.17) is 16.3 Å². The average Bonchev–Trinajstić information content (AvgIpc) is 2.58. The van der Waals surface area contributed by atoms with Crippen molar-refractivity contribution in [3.63, 3.8) is 0 Å². The standard InChI is InChI=1S/C21H25ClO5S/c1-11(2)27-17-8-9-28(25,26)21-12(3)10-14(13(4)18(17)21)20(24)19-15(22)6-5-7-16(19)23/h10-11,17H,5-9H2,1-4H3. The normalized spacial score (nSPS) is 21.8. The van der Waals surface area contributed by atoms with Gasteiger partial charge >= 0.3 is 0 Å². The van der Waals surface area contributed by atoms with Crippen molar-refractivity contribution in [2.75, 3.05) is 5.75 Å². The van der Waals surface area contributed by atoms with Crippen LogP contribution in [-0.2, 0) is 19.4 Å². The summed E-state index contributed by atoms with van der Waals surface area (Å²) in [4.78, 5) is 25.8. The van der Waals surface area contributed by atoms with Crippen molar-refractivity contribution in [3.05, 3.63) is 38.9 Å². The molecule has 0 fully saturated rings. The number of halogens is 1. The zero-order valence-electron chi connectivity index (χ0n) is 16.6. The highest BCUT2D eigenvalue weighted by Crippen LogP contribution is 2.41. The van der Waals surface area contributed by atoms with E-state index in [1.807, 2.05) is 13.8 Å². The van der Waals surface area contributed by atoms with Crippen molar-refractivity contribution in [1.29, 1.82) is 0 Å². The van der Waals surface area contributed by atoms with Crippen molar-refractivity contribution in [3.8, 4) is 0 Å². The summed E-state index contributed by atoms with van der Waals surface area (Å²) in [5.74, 6) is -0.663. The molecule has 0 saturated carbocycles. The van der Waals surface area contributed by atoms with Crippen LogP contribution in [0.5, 0.6) is 0 Å². The van der Waals surface area contributed by atoms with E-state index in [2.05, 4.69) is 0 Å². The lowest BCUT2D eigenvalue weighted by Crippen LogP contribution is -2.27. The monoisotopic (exact) mass is 424 g/mol. The van der Waals surface area contributed by atoms with Crippen molar-refractivity contribution in [2.24, 2.45) is 0 Å². The molecule has 1 aliphatic heterocycles. The Morgan fingerprint density at radius 1 is 1.25 bits per heavy atom. The summed E-state index contributed by atoms with van der Waals surface area (Å²) in [5.41, 5.74) is 1.96. The van der Waals surface area contributed by atoms with E-state index in [0.29, 0.717) is 53.0 Å². The fourth-order valence-electron chi connectivity index (χ4n) is 4.12. The Morgan fingerprint density at radius 3 is 2.54 bits per heavy atom. The molecule has 0 spiro atoms. The lowest BCUT2D eigenvalue weighted by Gasteiger charge is -2.31. The topological polar surface area (TPSA) is 77.5 Å². The Bertz CT molecular complexity index is 989. The minimum Gasteiger partial charge on any atom is -0.371 e. The average molecular weight is 425 g/mol. The second-order valence-electron chi connectivity index (χ2n) is 7.78. The molecule has 0 bridgehead atoms. The molecule has 0 saturated heterocycles. The molecule has 2 aliphatic rings. The summed E-state index contributed by atoms with van der Waals surface area (Å²) in [7, 11) is -3.45. The number of Topliss-reactive ketones (excluding diaryl/α,β-unsaturated/α-hetero) is 2. The van der Waals surface area contributed by atoms with Gasteiger partial charge in [0.15, 0.2) is 21.4 Å². The van der Waals surface area contributed by atoms with Gasteiger partial charge in [0, 0.05) is 22.6 Å². The second kappa shape index (κ2) is 7.73. The molecule has 5 nitrogen and oxygen atoms in total. The number of carbonyl (C=O) groups excluding carboxylic acids is 2. The van der Waals surface area contributed by atoms with Gasteiger partial charge in [-0.25, -0.2) is 8.42 Å². The molecular formula is C21H25ClO5S. The first-order chi connectivity index (χ1) is 13.0. The Morgan fingerprint density at radius 2 is 1.93 bits per heavy atom. The van der Waals surface area contributed by atoms with Gasteiger partial charge in [-0.3, -0.25) is 9.59 Å². The Labute approximate surface area is 171 Å². The Hall–Kier alpha value is -1.50. The zero-order valence-corrected chi connectivity index (χ0v) is 18.2. The molecular weight excluding hydrogens is 400 g/mol. The van der Waals surface area contributed by atoms with Gasteiger partial charge in [0.05, 0.1) is 28.4 Å². The molecule has 0 amide bonds. The molecule has 1 aromatic rings. The quantitative estimate of drug-likeness (QED) is 0.529. The number of ether oxygens (including phenoxy) is 1. The largest absolute Gasteiger partial charge is 0.371 e.